The summed E-state index contributed by atoms with van der Waals surface area (Å²) >= 11 is 0. The van der Waals surface area contributed by atoms with Crippen molar-refractivity contribution in [2.45, 2.75) is 63.5 Å². The van der Waals surface area contributed by atoms with E-state index in [1.54, 1.807) is 4.90 Å². The largest absolute Gasteiger partial charge is 0.339 e. The number of nitrogens with one attached hydrogen (secondary N) is 1. The van der Waals surface area contributed by atoms with Crippen molar-refractivity contribution in [2.75, 3.05) is 33.2 Å². The summed E-state index contributed by atoms with van der Waals surface area (Å²) < 4.78 is 27.1. The maximum atomic E-state index is 13.6. The first-order valence-electron chi connectivity index (χ1n) is 12.3. The van der Waals surface area contributed by atoms with E-state index in [0.29, 0.717) is 44.9 Å². The zero-order valence-corrected chi connectivity index (χ0v) is 20.0. The summed E-state index contributed by atoms with van der Waals surface area (Å²) in [4.78, 5) is 44.5. The van der Waals surface area contributed by atoms with Gasteiger partial charge in [0.2, 0.25) is 0 Å². The van der Waals surface area contributed by atoms with Crippen molar-refractivity contribution in [3.8, 4) is 0 Å². The van der Waals surface area contributed by atoms with Crippen LogP contribution in [0.4, 0.5) is 13.6 Å². The molecule has 9 heteroatoms. The lowest BCUT2D eigenvalue weighted by atomic mass is 9.74. The summed E-state index contributed by atoms with van der Waals surface area (Å²) in [6.07, 6.45) is 5.36. The van der Waals surface area contributed by atoms with Crippen LogP contribution in [0, 0.1) is 17.6 Å². The second kappa shape index (κ2) is 9.98. The number of carbonyl (C=O) groups is 3. The minimum Gasteiger partial charge on any atom is -0.339 e. The van der Waals surface area contributed by atoms with Gasteiger partial charge in [-0.3, -0.25) is 14.5 Å². The van der Waals surface area contributed by atoms with Gasteiger partial charge < -0.3 is 15.1 Å². The molecular formula is C25H34F2N4O3. The molecule has 3 aliphatic heterocycles. The van der Waals surface area contributed by atoms with Crippen LogP contribution in [0.1, 0.15) is 62.2 Å². The van der Waals surface area contributed by atoms with Crippen LogP contribution >= 0.6 is 0 Å². The van der Waals surface area contributed by atoms with Crippen LogP contribution in [-0.2, 0) is 4.79 Å². The molecule has 4 amide bonds. The van der Waals surface area contributed by atoms with Crippen LogP contribution < -0.4 is 5.32 Å². The molecule has 2 unspecified atom stereocenters. The Morgan fingerprint density at radius 1 is 1.09 bits per heavy atom. The number of urea groups is 1. The fraction of sp³-hybridized carbons (Fsp3) is 0.640. The number of carbonyl (C=O) groups excluding carboxylic acids is 3. The number of imide groups is 1. The highest BCUT2D eigenvalue weighted by atomic mass is 19.1. The first-order valence-corrected chi connectivity index (χ1v) is 12.3. The lowest BCUT2D eigenvalue weighted by Crippen LogP contribution is -2.56. The van der Waals surface area contributed by atoms with Gasteiger partial charge in [-0.2, -0.15) is 0 Å². The van der Waals surface area contributed by atoms with Gasteiger partial charge in [-0.15, -0.1) is 0 Å². The third kappa shape index (κ3) is 4.67. The van der Waals surface area contributed by atoms with Crippen molar-refractivity contribution in [1.29, 1.82) is 0 Å². The fourth-order valence-electron chi connectivity index (χ4n) is 5.95. The predicted molar refractivity (Wildman–Crippen MR) is 123 cm³/mol. The number of amides is 4. The summed E-state index contributed by atoms with van der Waals surface area (Å²) in [6.45, 7) is 4.18. The summed E-state index contributed by atoms with van der Waals surface area (Å²) in [5.74, 6) is -2.26. The van der Waals surface area contributed by atoms with E-state index in [1.807, 2.05) is 6.92 Å². The lowest BCUT2D eigenvalue weighted by Gasteiger charge is -2.41. The van der Waals surface area contributed by atoms with E-state index in [2.05, 4.69) is 17.3 Å². The third-order valence-corrected chi connectivity index (χ3v) is 7.79. The Hall–Kier alpha value is -2.55. The van der Waals surface area contributed by atoms with E-state index < -0.39 is 23.1 Å². The maximum Gasteiger partial charge on any atom is 0.325 e. The first-order chi connectivity index (χ1) is 16.2. The summed E-state index contributed by atoms with van der Waals surface area (Å²) in [5.41, 5.74) is -0.972. The molecule has 34 heavy (non-hydrogen) atoms. The molecule has 2 atom stereocenters. The third-order valence-electron chi connectivity index (χ3n) is 7.79. The van der Waals surface area contributed by atoms with Gasteiger partial charge in [-0.25, -0.2) is 13.6 Å². The van der Waals surface area contributed by atoms with Crippen molar-refractivity contribution in [3.63, 3.8) is 0 Å². The van der Waals surface area contributed by atoms with Crippen LogP contribution in [-0.4, -0.2) is 77.4 Å². The molecule has 3 saturated heterocycles. The van der Waals surface area contributed by atoms with E-state index in [4.69, 9.17) is 0 Å². The Morgan fingerprint density at radius 3 is 2.35 bits per heavy atom. The molecule has 3 aliphatic rings. The number of rotatable bonds is 7. The molecule has 0 spiro atoms. The van der Waals surface area contributed by atoms with Crippen molar-refractivity contribution in [1.82, 2.24) is 20.0 Å². The monoisotopic (exact) mass is 476 g/mol. The fourth-order valence-corrected chi connectivity index (χ4v) is 5.95. The van der Waals surface area contributed by atoms with Crippen LogP contribution in [0.3, 0.4) is 0 Å². The van der Waals surface area contributed by atoms with Crippen molar-refractivity contribution >= 4 is 17.8 Å². The molecule has 3 heterocycles. The number of hydrogen-bond donors (Lipinski definition) is 1. The number of likely N-dealkylation sites (tertiary alicyclic amines) is 2. The van der Waals surface area contributed by atoms with Crippen LogP contribution in [0.15, 0.2) is 18.2 Å². The molecule has 4 rings (SSSR count). The Morgan fingerprint density at radius 2 is 1.76 bits per heavy atom. The number of benzene rings is 1. The number of nitrogens with zero attached hydrogens (tertiary/aromatic N) is 3. The minimum atomic E-state index is -0.951. The van der Waals surface area contributed by atoms with Gasteiger partial charge in [0, 0.05) is 37.3 Å². The Labute approximate surface area is 199 Å². The van der Waals surface area contributed by atoms with Gasteiger partial charge in [0.1, 0.15) is 17.2 Å². The molecule has 0 aliphatic carbocycles. The molecule has 0 bridgehead atoms. The highest BCUT2D eigenvalue weighted by molar-refractivity contribution is 6.07. The van der Waals surface area contributed by atoms with Crippen LogP contribution in [0.25, 0.3) is 0 Å². The van der Waals surface area contributed by atoms with Gasteiger partial charge in [0.25, 0.3) is 11.8 Å². The van der Waals surface area contributed by atoms with Gasteiger partial charge in [-0.05, 0) is 70.2 Å². The number of halogens is 2. The van der Waals surface area contributed by atoms with E-state index in [9.17, 15) is 23.2 Å². The normalized spacial score (nSPS) is 26.4. The first kappa shape index (κ1) is 24.6. The standard InChI is InChI=1S/C25H34F2N4O3/c1-3-9-25(23(33)31(24(34)28-25)13-8-21-5-4-10-29(21)2)18-6-11-30(12-7-18)22(32)17-14-19(26)16-20(27)15-17/h14-16,18,21H,3-13H2,1-2H3,(H,28,34). The van der Waals surface area contributed by atoms with Crippen LogP contribution in [0.2, 0.25) is 0 Å². The maximum absolute atomic E-state index is 13.6. The zero-order valence-electron chi connectivity index (χ0n) is 20.0. The van der Waals surface area contributed by atoms with Crippen molar-refractivity contribution in [2.24, 2.45) is 5.92 Å². The molecule has 186 valence electrons. The smallest absolute Gasteiger partial charge is 0.325 e. The Bertz CT molecular complexity index is 930. The summed E-state index contributed by atoms with van der Waals surface area (Å²) in [5, 5.41) is 3.04. The molecular weight excluding hydrogens is 442 g/mol. The summed E-state index contributed by atoms with van der Waals surface area (Å²) in [7, 11) is 2.08. The van der Waals surface area contributed by atoms with E-state index in [1.165, 1.54) is 4.90 Å². The number of piperidine rings is 1. The van der Waals surface area contributed by atoms with E-state index >= 15 is 0 Å². The molecule has 1 aromatic rings. The predicted octanol–water partition coefficient (Wildman–Crippen LogP) is 3.39. The quantitative estimate of drug-likeness (QED) is 0.613. The Kier molecular flexibility index (Phi) is 7.21. The zero-order chi connectivity index (χ0) is 24.5. The minimum absolute atomic E-state index is 0.0208. The average Bonchev–Trinajstić information content (AvgIpc) is 3.32. The molecule has 0 radical (unpaired) electrons. The SMILES string of the molecule is CCCC1(C2CCN(C(=O)c3cc(F)cc(F)c3)CC2)NC(=O)N(CCC2CCCN2C)C1=O. The highest BCUT2D eigenvalue weighted by Gasteiger charge is 2.55. The van der Waals surface area contributed by atoms with Gasteiger partial charge in [0.15, 0.2) is 0 Å². The second-order valence-corrected chi connectivity index (χ2v) is 9.90. The molecule has 3 fully saturated rings. The van der Waals surface area contributed by atoms with E-state index in [-0.39, 0.29) is 23.4 Å². The molecule has 1 N–H and O–H groups in total. The molecule has 0 saturated carbocycles. The topological polar surface area (TPSA) is 73.0 Å². The van der Waals surface area contributed by atoms with Gasteiger partial charge in [0.05, 0.1) is 0 Å². The average molecular weight is 477 g/mol. The molecule has 7 nitrogen and oxygen atoms in total. The van der Waals surface area contributed by atoms with Crippen molar-refractivity contribution in [3.05, 3.63) is 35.4 Å². The van der Waals surface area contributed by atoms with Gasteiger partial charge in [-0.1, -0.05) is 13.3 Å². The molecule has 0 aromatic heterocycles. The van der Waals surface area contributed by atoms with Crippen LogP contribution in [0.5, 0.6) is 0 Å². The van der Waals surface area contributed by atoms with Gasteiger partial charge >= 0.3 is 6.03 Å². The molecule has 1 aromatic carbocycles. The number of hydrogen-bond acceptors (Lipinski definition) is 4. The van der Waals surface area contributed by atoms with Crippen molar-refractivity contribution < 1.29 is 23.2 Å². The Balaban J connectivity index is 1.42. The summed E-state index contributed by atoms with van der Waals surface area (Å²) in [6, 6.07) is 2.88. The van der Waals surface area contributed by atoms with E-state index in [0.717, 1.165) is 50.4 Å². The lowest BCUT2D eigenvalue weighted by molar-refractivity contribution is -0.134. The second-order valence-electron chi connectivity index (χ2n) is 9.90. The highest BCUT2D eigenvalue weighted by Crippen LogP contribution is 2.37.